The fourth-order valence-corrected chi connectivity index (χ4v) is 3.51. The molecule has 2 heterocycles. The summed E-state index contributed by atoms with van der Waals surface area (Å²) in [5.41, 5.74) is 1.39. The Morgan fingerprint density at radius 2 is 2.12 bits per heavy atom. The number of carbonyl (C=O) groups is 1. The summed E-state index contributed by atoms with van der Waals surface area (Å²) in [5, 5.41) is 7.74. The number of amides is 1. The SMILES string of the molecule is C[C@@H]1CN(c2ccccc2Cl)C[C@@H]1NC(=O)c1cc(C2CC2)on1. The maximum Gasteiger partial charge on any atom is 0.273 e. The second-order valence-corrected chi connectivity index (χ2v) is 7.21. The van der Waals surface area contributed by atoms with Gasteiger partial charge in [0.15, 0.2) is 5.69 Å². The van der Waals surface area contributed by atoms with Crippen LogP contribution in [0.3, 0.4) is 0 Å². The van der Waals surface area contributed by atoms with Crippen LogP contribution in [-0.4, -0.2) is 30.2 Å². The molecule has 2 aliphatic rings. The lowest BCUT2D eigenvalue weighted by molar-refractivity contribution is 0.0924. The van der Waals surface area contributed by atoms with Crippen molar-refractivity contribution in [3.05, 3.63) is 46.8 Å². The number of hydrogen-bond donors (Lipinski definition) is 1. The summed E-state index contributed by atoms with van der Waals surface area (Å²) < 4.78 is 5.27. The van der Waals surface area contributed by atoms with Crippen molar-refractivity contribution in [2.24, 2.45) is 5.92 Å². The van der Waals surface area contributed by atoms with Gasteiger partial charge in [-0.3, -0.25) is 4.79 Å². The molecular weight excluding hydrogens is 326 g/mol. The first-order valence-corrected chi connectivity index (χ1v) is 8.76. The lowest BCUT2D eigenvalue weighted by Gasteiger charge is -2.20. The van der Waals surface area contributed by atoms with Gasteiger partial charge in [-0.2, -0.15) is 0 Å². The normalized spacial score (nSPS) is 23.5. The van der Waals surface area contributed by atoms with Crippen LogP contribution < -0.4 is 10.2 Å². The average Bonchev–Trinajstić information content (AvgIpc) is 3.19. The van der Waals surface area contributed by atoms with E-state index in [9.17, 15) is 4.79 Å². The molecule has 2 aromatic rings. The molecule has 4 rings (SSSR count). The van der Waals surface area contributed by atoms with Gasteiger partial charge in [0.2, 0.25) is 0 Å². The average molecular weight is 346 g/mol. The minimum absolute atomic E-state index is 0.0647. The van der Waals surface area contributed by atoms with Gasteiger partial charge >= 0.3 is 0 Å². The van der Waals surface area contributed by atoms with Gasteiger partial charge in [-0.1, -0.05) is 35.8 Å². The van der Waals surface area contributed by atoms with E-state index >= 15 is 0 Å². The molecule has 1 aromatic carbocycles. The van der Waals surface area contributed by atoms with Crippen LogP contribution in [0, 0.1) is 5.92 Å². The third-order valence-corrected chi connectivity index (χ3v) is 5.18. The van der Waals surface area contributed by atoms with Crippen LogP contribution in [0.25, 0.3) is 0 Å². The Balaban J connectivity index is 1.42. The van der Waals surface area contributed by atoms with Crippen LogP contribution in [0.2, 0.25) is 5.02 Å². The number of nitrogens with zero attached hydrogens (tertiary/aromatic N) is 2. The van der Waals surface area contributed by atoms with Crippen LogP contribution in [0.15, 0.2) is 34.9 Å². The number of benzene rings is 1. The molecule has 1 N–H and O–H groups in total. The van der Waals surface area contributed by atoms with Crippen LogP contribution in [0.4, 0.5) is 5.69 Å². The topological polar surface area (TPSA) is 58.4 Å². The first kappa shape index (κ1) is 15.5. The van der Waals surface area contributed by atoms with E-state index in [1.807, 2.05) is 24.3 Å². The van der Waals surface area contributed by atoms with Gasteiger partial charge in [0.05, 0.1) is 16.8 Å². The minimum Gasteiger partial charge on any atom is -0.368 e. The minimum atomic E-state index is -0.163. The van der Waals surface area contributed by atoms with Crippen molar-refractivity contribution in [3.8, 4) is 0 Å². The Morgan fingerprint density at radius 1 is 1.33 bits per heavy atom. The van der Waals surface area contributed by atoms with Crippen LogP contribution in [0.1, 0.15) is 41.9 Å². The Kier molecular flexibility index (Phi) is 3.96. The monoisotopic (exact) mass is 345 g/mol. The van der Waals surface area contributed by atoms with Crippen molar-refractivity contribution in [2.75, 3.05) is 18.0 Å². The molecular formula is C18H20ClN3O2. The molecule has 1 saturated heterocycles. The zero-order valence-electron chi connectivity index (χ0n) is 13.5. The number of halogens is 1. The maximum atomic E-state index is 12.4. The van der Waals surface area contributed by atoms with Gasteiger partial charge < -0.3 is 14.7 Å². The number of rotatable bonds is 4. The molecule has 2 fully saturated rings. The lowest BCUT2D eigenvalue weighted by atomic mass is 10.1. The third kappa shape index (κ3) is 3.00. The number of anilines is 1. The molecule has 1 saturated carbocycles. The zero-order valence-corrected chi connectivity index (χ0v) is 14.3. The second kappa shape index (κ2) is 6.13. The molecule has 2 atom stereocenters. The third-order valence-electron chi connectivity index (χ3n) is 4.86. The van der Waals surface area contributed by atoms with Crippen molar-refractivity contribution in [3.63, 3.8) is 0 Å². The molecule has 0 radical (unpaired) electrons. The van der Waals surface area contributed by atoms with Crippen LogP contribution >= 0.6 is 11.6 Å². The van der Waals surface area contributed by atoms with E-state index in [1.54, 1.807) is 6.07 Å². The molecule has 0 bridgehead atoms. The highest BCUT2D eigenvalue weighted by atomic mass is 35.5. The highest BCUT2D eigenvalue weighted by Gasteiger charge is 2.33. The van der Waals surface area contributed by atoms with Gasteiger partial charge in [-0.15, -0.1) is 0 Å². The summed E-state index contributed by atoms with van der Waals surface area (Å²) >= 11 is 6.29. The molecule has 6 heteroatoms. The molecule has 24 heavy (non-hydrogen) atoms. The Bertz CT molecular complexity index is 756. The Hall–Kier alpha value is -2.01. The molecule has 1 amide bonds. The Labute approximate surface area is 146 Å². The molecule has 1 aromatic heterocycles. The predicted molar refractivity (Wildman–Crippen MR) is 92.6 cm³/mol. The fourth-order valence-electron chi connectivity index (χ4n) is 3.26. The number of para-hydroxylation sites is 1. The highest BCUT2D eigenvalue weighted by molar-refractivity contribution is 6.33. The van der Waals surface area contributed by atoms with Crippen LogP contribution in [-0.2, 0) is 0 Å². The summed E-state index contributed by atoms with van der Waals surface area (Å²) in [6, 6.07) is 9.65. The first-order valence-electron chi connectivity index (χ1n) is 8.39. The Morgan fingerprint density at radius 3 is 2.88 bits per heavy atom. The highest BCUT2D eigenvalue weighted by Crippen LogP contribution is 2.40. The number of aromatic nitrogens is 1. The van der Waals surface area contributed by atoms with Crippen molar-refractivity contribution >= 4 is 23.2 Å². The molecule has 0 unspecified atom stereocenters. The van der Waals surface area contributed by atoms with E-state index in [-0.39, 0.29) is 11.9 Å². The second-order valence-electron chi connectivity index (χ2n) is 6.80. The summed E-state index contributed by atoms with van der Waals surface area (Å²) in [5.74, 6) is 1.46. The first-order chi connectivity index (χ1) is 11.6. The largest absolute Gasteiger partial charge is 0.368 e. The smallest absolute Gasteiger partial charge is 0.273 e. The van der Waals surface area contributed by atoms with Gasteiger partial charge in [0.1, 0.15) is 5.76 Å². The molecule has 126 valence electrons. The van der Waals surface area contributed by atoms with E-state index in [1.165, 1.54) is 0 Å². The lowest BCUT2D eigenvalue weighted by Crippen LogP contribution is -2.40. The summed E-state index contributed by atoms with van der Waals surface area (Å²) in [7, 11) is 0. The summed E-state index contributed by atoms with van der Waals surface area (Å²) in [6.07, 6.45) is 2.26. The van der Waals surface area contributed by atoms with Crippen molar-refractivity contribution in [2.45, 2.75) is 31.7 Å². The van der Waals surface area contributed by atoms with Crippen LogP contribution in [0.5, 0.6) is 0 Å². The summed E-state index contributed by atoms with van der Waals surface area (Å²) in [6.45, 7) is 3.74. The number of nitrogens with one attached hydrogen (secondary N) is 1. The molecule has 1 aliphatic carbocycles. The van der Waals surface area contributed by atoms with Gasteiger partial charge in [0, 0.05) is 25.1 Å². The summed E-state index contributed by atoms with van der Waals surface area (Å²) in [4.78, 5) is 14.7. The van der Waals surface area contributed by atoms with Crippen molar-refractivity contribution < 1.29 is 9.32 Å². The quantitative estimate of drug-likeness (QED) is 0.922. The van der Waals surface area contributed by atoms with E-state index in [4.69, 9.17) is 16.1 Å². The van der Waals surface area contributed by atoms with E-state index in [0.717, 1.165) is 42.4 Å². The maximum absolute atomic E-state index is 12.4. The predicted octanol–water partition coefficient (Wildman–Crippen LogP) is 3.46. The number of hydrogen-bond acceptors (Lipinski definition) is 4. The van der Waals surface area contributed by atoms with Gasteiger partial charge in [0.25, 0.3) is 5.91 Å². The molecule has 5 nitrogen and oxygen atoms in total. The van der Waals surface area contributed by atoms with E-state index < -0.39 is 0 Å². The van der Waals surface area contributed by atoms with Gasteiger partial charge in [-0.25, -0.2) is 0 Å². The van der Waals surface area contributed by atoms with Crippen molar-refractivity contribution in [1.29, 1.82) is 0 Å². The van der Waals surface area contributed by atoms with E-state index in [0.29, 0.717) is 17.5 Å². The number of carbonyl (C=O) groups excluding carboxylic acids is 1. The standard InChI is InChI=1S/C18H20ClN3O2/c1-11-9-22(16-5-3-2-4-13(16)19)10-15(11)20-18(23)14-8-17(24-21-14)12-6-7-12/h2-5,8,11-12,15H,6-7,9-10H2,1H3,(H,20,23)/t11-,15+/m1/s1. The zero-order chi connectivity index (χ0) is 16.7. The fraction of sp³-hybridized carbons (Fsp3) is 0.444. The van der Waals surface area contributed by atoms with Crippen molar-refractivity contribution in [1.82, 2.24) is 10.5 Å². The molecule has 1 aliphatic heterocycles. The van der Waals surface area contributed by atoms with E-state index in [2.05, 4.69) is 22.3 Å². The molecule has 0 spiro atoms. The van der Waals surface area contributed by atoms with Gasteiger partial charge in [-0.05, 0) is 30.9 Å².